The van der Waals surface area contributed by atoms with E-state index in [0.29, 0.717) is 0 Å². The second-order valence-electron chi connectivity index (χ2n) is 15.2. The number of imidazole rings is 1. The van der Waals surface area contributed by atoms with Gasteiger partial charge in [-0.1, -0.05) is 137 Å². The van der Waals surface area contributed by atoms with Crippen LogP contribution in [0.25, 0.3) is 72.0 Å². The molecule has 5 heteroatoms. The van der Waals surface area contributed by atoms with Gasteiger partial charge in [-0.2, -0.15) is 0 Å². The minimum absolute atomic E-state index is 0. The fourth-order valence-corrected chi connectivity index (χ4v) is 6.88. The van der Waals surface area contributed by atoms with E-state index in [2.05, 4.69) is 155 Å². The summed E-state index contributed by atoms with van der Waals surface area (Å²) in [4.78, 5) is 10.8. The van der Waals surface area contributed by atoms with Crippen molar-refractivity contribution in [2.24, 2.45) is 0 Å². The molecule has 6 aromatic carbocycles. The summed E-state index contributed by atoms with van der Waals surface area (Å²) in [6.45, 7) is 13.4. The minimum Gasteiger partial charge on any atom is -0.515 e. The van der Waals surface area contributed by atoms with Crippen molar-refractivity contribution in [3.63, 3.8) is 0 Å². The van der Waals surface area contributed by atoms with Crippen molar-refractivity contribution < 1.29 is 26.2 Å². The van der Waals surface area contributed by atoms with E-state index in [-0.39, 0.29) is 37.6 Å². The Hall–Kier alpha value is -5.05. The Morgan fingerprint density at radius 3 is 2.08 bits per heavy atom. The summed E-state index contributed by atoms with van der Waals surface area (Å²) in [5.41, 5.74) is 9.86. The predicted octanol–water partition coefficient (Wildman–Crippen LogP) is 11.8. The van der Waals surface area contributed by atoms with E-state index < -0.39 is 0 Å². The third-order valence-corrected chi connectivity index (χ3v) is 9.64. The molecule has 8 aromatic rings. The summed E-state index contributed by atoms with van der Waals surface area (Å²) in [6.07, 6.45) is 0. The molecule has 4 nitrogen and oxygen atoms in total. The number of benzene rings is 6. The molecule has 51 heavy (non-hydrogen) atoms. The first-order valence-corrected chi connectivity index (χ1v) is 17.2. The zero-order valence-electron chi connectivity index (χ0n) is 29.7. The van der Waals surface area contributed by atoms with Gasteiger partial charge in [0.1, 0.15) is 5.69 Å². The molecule has 0 radical (unpaired) electrons. The van der Waals surface area contributed by atoms with Crippen LogP contribution < -0.4 is 0 Å². The molecule has 0 aliphatic carbocycles. The average molecular weight is 846 g/mol. The first-order chi connectivity index (χ1) is 24.0. The average Bonchev–Trinajstić information content (AvgIpc) is 3.51. The van der Waals surface area contributed by atoms with Crippen LogP contribution in [0.4, 0.5) is 0 Å². The second-order valence-corrected chi connectivity index (χ2v) is 15.2. The Labute approximate surface area is 314 Å². The minimum atomic E-state index is -0.158. The van der Waals surface area contributed by atoms with E-state index in [0.717, 1.165) is 77.7 Å². The van der Waals surface area contributed by atoms with Gasteiger partial charge in [-0.15, -0.1) is 29.1 Å². The van der Waals surface area contributed by atoms with E-state index in [1.165, 1.54) is 5.56 Å². The molecule has 0 aliphatic rings. The van der Waals surface area contributed by atoms with Gasteiger partial charge in [0.05, 0.1) is 22.5 Å². The van der Waals surface area contributed by atoms with Gasteiger partial charge in [0.15, 0.2) is 5.82 Å². The number of aromatic nitrogens is 3. The van der Waals surface area contributed by atoms with Gasteiger partial charge < -0.3 is 5.11 Å². The zero-order chi connectivity index (χ0) is 34.8. The van der Waals surface area contributed by atoms with Crippen LogP contribution in [0, 0.1) is 6.07 Å². The van der Waals surface area contributed by atoms with Crippen LogP contribution in [0.15, 0.2) is 127 Å². The van der Waals surface area contributed by atoms with E-state index >= 15 is 0 Å². The number of phenols is 1. The maximum absolute atomic E-state index is 10.9. The van der Waals surface area contributed by atoms with Crippen molar-refractivity contribution in [1.29, 1.82) is 0 Å². The quantitative estimate of drug-likeness (QED) is 0.142. The molecule has 0 unspecified atom stereocenters. The number of hydrogen-bond acceptors (Lipinski definition) is 3. The number of hydrogen-bond donors (Lipinski definition) is 1. The standard InChI is InChI=1S/C46H40N3O.Pt/c1-45(2,3)33-27-37(47-41(28-33)46(4,5)6)44-48-43-35(32-25-23-30-22-24-31-16-12-21-40(50)42(31)36(30)26-32)18-13-20-39(43)49(44)38-19-11-10-17-34(38)29-14-8-7-9-15-29;/h7-25,27-28,50H,1-6H3;/q-1;. The van der Waals surface area contributed by atoms with E-state index in [1.54, 1.807) is 6.07 Å². The third-order valence-electron chi connectivity index (χ3n) is 9.64. The molecule has 1 N–H and O–H groups in total. The Kier molecular flexibility index (Phi) is 8.72. The van der Waals surface area contributed by atoms with Crippen molar-refractivity contribution in [3.8, 4) is 45.2 Å². The Bertz CT molecular complexity index is 2540. The van der Waals surface area contributed by atoms with Crippen molar-refractivity contribution in [2.45, 2.75) is 52.4 Å². The maximum Gasteiger partial charge on any atom is 0.163 e. The van der Waals surface area contributed by atoms with E-state index in [9.17, 15) is 5.11 Å². The number of nitrogens with zero attached hydrogens (tertiary/aromatic N) is 3. The van der Waals surface area contributed by atoms with Gasteiger partial charge in [0, 0.05) is 37.7 Å². The summed E-state index contributed by atoms with van der Waals surface area (Å²) in [6, 6.07) is 47.6. The number of pyridine rings is 1. The molecule has 0 fully saturated rings. The molecular weight excluding hydrogens is 806 g/mol. The van der Waals surface area contributed by atoms with Gasteiger partial charge in [0.25, 0.3) is 0 Å². The summed E-state index contributed by atoms with van der Waals surface area (Å²) in [5, 5.41) is 14.6. The van der Waals surface area contributed by atoms with Gasteiger partial charge in [0.2, 0.25) is 0 Å². The maximum atomic E-state index is 10.9. The SMILES string of the molecule is CC(C)(C)c1cc(-c2nc3c(-c4[c-]c5c(cc4)ccc4cccc(O)c45)cccc3n2-c2ccccc2-c2ccccc2)nc(C(C)(C)C)c1.[Pt]. The first-order valence-electron chi connectivity index (χ1n) is 17.2. The van der Waals surface area contributed by atoms with Gasteiger partial charge in [-0.25, -0.2) is 9.97 Å². The van der Waals surface area contributed by atoms with Gasteiger partial charge in [-0.05, 0) is 57.6 Å². The molecule has 256 valence electrons. The summed E-state index contributed by atoms with van der Waals surface area (Å²) < 4.78 is 2.28. The normalized spacial score (nSPS) is 12.0. The molecule has 0 saturated carbocycles. The third kappa shape index (κ3) is 6.17. The van der Waals surface area contributed by atoms with Crippen LogP contribution in [0.5, 0.6) is 5.75 Å². The smallest absolute Gasteiger partial charge is 0.163 e. The predicted molar refractivity (Wildman–Crippen MR) is 208 cm³/mol. The summed E-state index contributed by atoms with van der Waals surface area (Å²) in [5.74, 6) is 1.04. The number of para-hydroxylation sites is 2. The summed E-state index contributed by atoms with van der Waals surface area (Å²) >= 11 is 0. The van der Waals surface area contributed by atoms with Gasteiger partial charge >= 0.3 is 0 Å². The Morgan fingerprint density at radius 1 is 0.627 bits per heavy atom. The monoisotopic (exact) mass is 845 g/mol. The van der Waals surface area contributed by atoms with Crippen molar-refractivity contribution in [2.75, 3.05) is 0 Å². The molecular formula is C46H40N3OPt-. The molecule has 0 amide bonds. The van der Waals surface area contributed by atoms with Crippen LogP contribution in [0.2, 0.25) is 0 Å². The molecule has 0 saturated heterocycles. The fraction of sp³-hybridized carbons (Fsp3) is 0.174. The number of fused-ring (bicyclic) bond motifs is 4. The van der Waals surface area contributed by atoms with Crippen LogP contribution in [0.3, 0.4) is 0 Å². The van der Waals surface area contributed by atoms with Crippen molar-refractivity contribution in [1.82, 2.24) is 14.5 Å². The second kappa shape index (κ2) is 12.9. The van der Waals surface area contributed by atoms with Crippen molar-refractivity contribution in [3.05, 3.63) is 145 Å². The van der Waals surface area contributed by atoms with Crippen LogP contribution in [0.1, 0.15) is 52.8 Å². The molecule has 2 aromatic heterocycles. The topological polar surface area (TPSA) is 50.9 Å². The Balaban J connectivity index is 0.00000406. The molecule has 8 rings (SSSR count). The molecule has 0 bridgehead atoms. The zero-order valence-corrected chi connectivity index (χ0v) is 32.0. The number of rotatable bonds is 4. The van der Waals surface area contributed by atoms with Gasteiger partial charge in [-0.3, -0.25) is 4.57 Å². The van der Waals surface area contributed by atoms with Crippen molar-refractivity contribution >= 4 is 32.6 Å². The fourth-order valence-electron chi connectivity index (χ4n) is 6.88. The molecule has 0 spiro atoms. The van der Waals surface area contributed by atoms with E-state index in [1.807, 2.05) is 18.2 Å². The van der Waals surface area contributed by atoms with Crippen LogP contribution in [-0.4, -0.2) is 19.6 Å². The number of aromatic hydroxyl groups is 1. The summed E-state index contributed by atoms with van der Waals surface area (Å²) in [7, 11) is 0. The molecule has 0 atom stereocenters. The first kappa shape index (κ1) is 34.4. The largest absolute Gasteiger partial charge is 0.515 e. The molecule has 0 aliphatic heterocycles. The Morgan fingerprint density at radius 2 is 1.31 bits per heavy atom. The number of phenolic OH excluding ortho intramolecular Hbond substituents is 1. The van der Waals surface area contributed by atoms with Crippen LogP contribution >= 0.6 is 0 Å². The van der Waals surface area contributed by atoms with Crippen LogP contribution in [-0.2, 0) is 31.9 Å². The molecule has 2 heterocycles. The van der Waals surface area contributed by atoms with E-state index in [4.69, 9.17) is 9.97 Å².